The van der Waals surface area contributed by atoms with Crippen molar-refractivity contribution in [3.8, 4) is 11.5 Å². The van der Waals surface area contributed by atoms with Crippen LogP contribution in [0, 0.1) is 0 Å². The molecule has 7 heteroatoms. The first-order valence-electron chi connectivity index (χ1n) is 8.86. The van der Waals surface area contributed by atoms with E-state index in [-0.39, 0.29) is 12.5 Å². The first kappa shape index (κ1) is 18.9. The Labute approximate surface area is 153 Å². The smallest absolute Gasteiger partial charge is 0.253 e. The normalized spacial score (nSPS) is 28.0. The molecule has 3 rings (SSSR count). The van der Waals surface area contributed by atoms with Gasteiger partial charge in [-0.05, 0) is 38.0 Å². The highest BCUT2D eigenvalue weighted by Crippen LogP contribution is 2.40. The number of benzene rings is 1. The van der Waals surface area contributed by atoms with Crippen molar-refractivity contribution in [1.82, 2.24) is 4.90 Å². The molecule has 26 heavy (non-hydrogen) atoms. The summed E-state index contributed by atoms with van der Waals surface area (Å²) < 4.78 is 16.3. The van der Waals surface area contributed by atoms with Gasteiger partial charge in [0.05, 0.1) is 32.0 Å². The number of carbonyl (C=O) groups is 1. The number of amides is 1. The monoisotopic (exact) mass is 365 g/mol. The Balaban J connectivity index is 1.67. The van der Waals surface area contributed by atoms with Crippen molar-refractivity contribution in [3.05, 3.63) is 23.8 Å². The van der Waals surface area contributed by atoms with Gasteiger partial charge < -0.3 is 29.3 Å². The van der Waals surface area contributed by atoms with E-state index in [9.17, 15) is 15.0 Å². The maximum atomic E-state index is 12.8. The number of nitrogens with zero attached hydrogens (tertiary/aromatic N) is 1. The fourth-order valence-electron chi connectivity index (χ4n) is 3.85. The third-order valence-corrected chi connectivity index (χ3v) is 5.54. The number of methoxy groups -OCH3 is 2. The number of piperidine rings is 1. The van der Waals surface area contributed by atoms with E-state index in [1.165, 1.54) is 7.11 Å². The Hall–Kier alpha value is -1.83. The highest BCUT2D eigenvalue weighted by molar-refractivity contribution is 5.95. The summed E-state index contributed by atoms with van der Waals surface area (Å²) >= 11 is 0. The van der Waals surface area contributed by atoms with Gasteiger partial charge in [-0.1, -0.05) is 0 Å². The molecule has 0 radical (unpaired) electrons. The topological polar surface area (TPSA) is 88.5 Å². The summed E-state index contributed by atoms with van der Waals surface area (Å²) in [6.45, 7) is 2.85. The molecule has 2 aliphatic rings. The fraction of sp³-hybridized carbons (Fsp3) is 0.632. The molecule has 2 N–H and O–H groups in total. The average Bonchev–Trinajstić information content (AvgIpc) is 2.64. The molecular weight excluding hydrogens is 338 g/mol. The van der Waals surface area contributed by atoms with Crippen LogP contribution >= 0.6 is 0 Å². The number of aliphatic hydroxyl groups excluding tert-OH is 1. The molecule has 1 aromatic carbocycles. The van der Waals surface area contributed by atoms with E-state index < -0.39 is 17.3 Å². The minimum atomic E-state index is -1.16. The molecule has 2 saturated heterocycles. The van der Waals surface area contributed by atoms with Gasteiger partial charge in [-0.3, -0.25) is 4.79 Å². The number of likely N-dealkylation sites (tertiary alicyclic amines) is 1. The molecule has 0 bridgehead atoms. The standard InChI is InChI=1S/C19H27NO6/c1-18(23)12-19(26-11-16(18)21)6-8-20(9-7-19)17(22)13-4-5-14(24-2)15(10-13)25-3/h4-5,10,16,21,23H,6-9,11-12H2,1-3H3/t16-,18-/m0/s1. The number of ether oxygens (including phenoxy) is 3. The minimum absolute atomic E-state index is 0.0663. The summed E-state index contributed by atoms with van der Waals surface area (Å²) in [5.74, 6) is 1.04. The minimum Gasteiger partial charge on any atom is -0.493 e. The number of aliphatic hydroxyl groups is 2. The Morgan fingerprint density at radius 3 is 2.46 bits per heavy atom. The lowest BCUT2D eigenvalue weighted by molar-refractivity contribution is -0.221. The fourth-order valence-corrected chi connectivity index (χ4v) is 3.85. The van der Waals surface area contributed by atoms with E-state index in [2.05, 4.69) is 0 Å². The summed E-state index contributed by atoms with van der Waals surface area (Å²) in [5.41, 5.74) is -1.09. The molecule has 0 saturated carbocycles. The van der Waals surface area contributed by atoms with Gasteiger partial charge in [-0.2, -0.15) is 0 Å². The zero-order chi connectivity index (χ0) is 18.9. The van der Waals surface area contributed by atoms with Crippen molar-refractivity contribution in [3.63, 3.8) is 0 Å². The average molecular weight is 365 g/mol. The Kier molecular flexibility index (Phi) is 5.14. The lowest BCUT2D eigenvalue weighted by atomic mass is 9.76. The summed E-state index contributed by atoms with van der Waals surface area (Å²) in [6, 6.07) is 5.14. The van der Waals surface area contributed by atoms with Gasteiger partial charge in [0, 0.05) is 25.1 Å². The quantitative estimate of drug-likeness (QED) is 0.837. The van der Waals surface area contributed by atoms with E-state index in [1.807, 2.05) is 0 Å². The molecule has 1 spiro atoms. The maximum Gasteiger partial charge on any atom is 0.253 e. The molecule has 1 aromatic rings. The van der Waals surface area contributed by atoms with Crippen LogP contribution in [0.1, 0.15) is 36.5 Å². The van der Waals surface area contributed by atoms with Crippen molar-refractivity contribution in [1.29, 1.82) is 0 Å². The van der Waals surface area contributed by atoms with Crippen LogP contribution in [0.5, 0.6) is 11.5 Å². The maximum absolute atomic E-state index is 12.8. The molecule has 2 aliphatic heterocycles. The SMILES string of the molecule is COc1ccc(C(=O)N2CCC3(CC2)C[C@](C)(O)[C@@H](O)CO3)cc1OC. The molecule has 0 unspecified atom stereocenters. The van der Waals surface area contributed by atoms with Gasteiger partial charge in [-0.15, -0.1) is 0 Å². The molecule has 2 heterocycles. The van der Waals surface area contributed by atoms with Crippen LogP contribution in [-0.4, -0.2) is 72.2 Å². The van der Waals surface area contributed by atoms with Crippen molar-refractivity contribution < 1.29 is 29.2 Å². The summed E-state index contributed by atoms with van der Waals surface area (Å²) in [4.78, 5) is 14.6. The van der Waals surface area contributed by atoms with Gasteiger partial charge in [0.1, 0.15) is 6.10 Å². The van der Waals surface area contributed by atoms with Crippen molar-refractivity contribution in [2.75, 3.05) is 33.9 Å². The number of hydrogen-bond acceptors (Lipinski definition) is 6. The molecular formula is C19H27NO6. The van der Waals surface area contributed by atoms with Crippen LogP contribution < -0.4 is 9.47 Å². The second-order valence-corrected chi connectivity index (χ2v) is 7.41. The largest absolute Gasteiger partial charge is 0.493 e. The van der Waals surface area contributed by atoms with Gasteiger partial charge in [-0.25, -0.2) is 0 Å². The van der Waals surface area contributed by atoms with Gasteiger partial charge in [0.25, 0.3) is 5.91 Å². The molecule has 1 amide bonds. The summed E-state index contributed by atoms with van der Waals surface area (Å²) in [5, 5.41) is 20.3. The van der Waals surface area contributed by atoms with Crippen LogP contribution in [0.4, 0.5) is 0 Å². The van der Waals surface area contributed by atoms with Crippen LogP contribution in [0.3, 0.4) is 0 Å². The molecule has 0 aliphatic carbocycles. The van der Waals surface area contributed by atoms with E-state index >= 15 is 0 Å². The number of carbonyl (C=O) groups excluding carboxylic acids is 1. The Morgan fingerprint density at radius 1 is 1.23 bits per heavy atom. The van der Waals surface area contributed by atoms with Crippen molar-refractivity contribution in [2.24, 2.45) is 0 Å². The number of rotatable bonds is 3. The van der Waals surface area contributed by atoms with Gasteiger partial charge in [0.2, 0.25) is 0 Å². The number of hydrogen-bond donors (Lipinski definition) is 2. The second kappa shape index (κ2) is 7.06. The zero-order valence-corrected chi connectivity index (χ0v) is 15.5. The Bertz CT molecular complexity index is 666. The molecule has 2 fully saturated rings. The summed E-state index contributed by atoms with van der Waals surface area (Å²) in [6.07, 6.45) is 0.767. The van der Waals surface area contributed by atoms with E-state index in [4.69, 9.17) is 14.2 Å². The van der Waals surface area contributed by atoms with E-state index in [1.54, 1.807) is 37.1 Å². The van der Waals surface area contributed by atoms with Crippen molar-refractivity contribution >= 4 is 5.91 Å². The lowest BCUT2D eigenvalue weighted by Gasteiger charge is -2.49. The predicted octanol–water partition coefficient (Wildman–Crippen LogP) is 1.21. The first-order chi connectivity index (χ1) is 12.3. The van der Waals surface area contributed by atoms with Crippen LogP contribution in [0.25, 0.3) is 0 Å². The molecule has 144 valence electrons. The third kappa shape index (κ3) is 3.51. The molecule has 2 atom stereocenters. The van der Waals surface area contributed by atoms with E-state index in [0.717, 1.165) is 0 Å². The van der Waals surface area contributed by atoms with Crippen molar-refractivity contribution in [2.45, 2.75) is 43.5 Å². The summed E-state index contributed by atoms with van der Waals surface area (Å²) in [7, 11) is 3.09. The van der Waals surface area contributed by atoms with Crippen LogP contribution in [0.2, 0.25) is 0 Å². The highest BCUT2D eigenvalue weighted by Gasteiger charge is 2.49. The van der Waals surface area contributed by atoms with Gasteiger partial charge in [0.15, 0.2) is 11.5 Å². The molecule has 0 aromatic heterocycles. The highest BCUT2D eigenvalue weighted by atomic mass is 16.5. The van der Waals surface area contributed by atoms with E-state index in [0.29, 0.717) is 49.4 Å². The molecule has 7 nitrogen and oxygen atoms in total. The second-order valence-electron chi connectivity index (χ2n) is 7.41. The van der Waals surface area contributed by atoms with Crippen LogP contribution in [-0.2, 0) is 4.74 Å². The Morgan fingerprint density at radius 2 is 1.88 bits per heavy atom. The third-order valence-electron chi connectivity index (χ3n) is 5.54. The lowest BCUT2D eigenvalue weighted by Crippen LogP contribution is -2.59. The predicted molar refractivity (Wildman–Crippen MR) is 94.6 cm³/mol. The zero-order valence-electron chi connectivity index (χ0n) is 15.5. The van der Waals surface area contributed by atoms with Gasteiger partial charge >= 0.3 is 0 Å². The first-order valence-corrected chi connectivity index (χ1v) is 8.86. The van der Waals surface area contributed by atoms with Crippen LogP contribution in [0.15, 0.2) is 18.2 Å².